The summed E-state index contributed by atoms with van der Waals surface area (Å²) < 4.78 is 8.64. The van der Waals surface area contributed by atoms with Gasteiger partial charge in [0.15, 0.2) is 5.82 Å². The number of aromatic nitrogens is 3. The Morgan fingerprint density at radius 3 is 2.75 bits per heavy atom. The Labute approximate surface area is 108 Å². The number of hydrogen-bond acceptors (Lipinski definition) is 3. The molecule has 0 unspecified atom stereocenters. The third-order valence-corrected chi connectivity index (χ3v) is 2.90. The second-order valence-electron chi connectivity index (χ2n) is 3.23. The molecule has 0 aliphatic carbocycles. The average molecular weight is 329 g/mol. The quantitative estimate of drug-likeness (QED) is 0.809. The summed E-state index contributed by atoms with van der Waals surface area (Å²) in [6.07, 6.45) is 1.55. The van der Waals surface area contributed by atoms with E-state index in [9.17, 15) is 0 Å². The highest BCUT2D eigenvalue weighted by molar-refractivity contribution is 14.1. The SMILES string of the molecule is CCn1ncnc1COc1ccc(I)cc1. The Morgan fingerprint density at radius 2 is 2.06 bits per heavy atom. The second-order valence-corrected chi connectivity index (χ2v) is 4.48. The molecule has 0 saturated carbocycles. The fourth-order valence-corrected chi connectivity index (χ4v) is 1.70. The highest BCUT2D eigenvalue weighted by Crippen LogP contribution is 2.14. The molecule has 0 radical (unpaired) electrons. The molecule has 84 valence electrons. The molecule has 0 fully saturated rings. The van der Waals surface area contributed by atoms with Crippen LogP contribution in [0.5, 0.6) is 5.75 Å². The summed E-state index contributed by atoms with van der Waals surface area (Å²) in [6, 6.07) is 7.93. The van der Waals surface area contributed by atoms with Crippen LogP contribution < -0.4 is 4.74 Å². The molecule has 1 aromatic heterocycles. The van der Waals surface area contributed by atoms with Gasteiger partial charge in [0.25, 0.3) is 0 Å². The van der Waals surface area contributed by atoms with Crippen molar-refractivity contribution in [2.75, 3.05) is 0 Å². The molecule has 0 aliphatic rings. The Balaban J connectivity index is 1.99. The van der Waals surface area contributed by atoms with Gasteiger partial charge < -0.3 is 4.74 Å². The van der Waals surface area contributed by atoms with Crippen molar-refractivity contribution in [1.29, 1.82) is 0 Å². The van der Waals surface area contributed by atoms with Gasteiger partial charge in [0.1, 0.15) is 18.7 Å². The van der Waals surface area contributed by atoms with Gasteiger partial charge in [-0.3, -0.25) is 0 Å². The van der Waals surface area contributed by atoms with Crippen molar-refractivity contribution >= 4 is 22.6 Å². The zero-order chi connectivity index (χ0) is 11.4. The average Bonchev–Trinajstić information content (AvgIpc) is 2.76. The lowest BCUT2D eigenvalue weighted by atomic mass is 10.3. The van der Waals surface area contributed by atoms with Crippen molar-refractivity contribution in [3.05, 3.63) is 40.0 Å². The van der Waals surface area contributed by atoms with E-state index < -0.39 is 0 Å². The number of benzene rings is 1. The van der Waals surface area contributed by atoms with Gasteiger partial charge in [0.05, 0.1) is 0 Å². The Morgan fingerprint density at radius 1 is 1.31 bits per heavy atom. The lowest BCUT2D eigenvalue weighted by molar-refractivity contribution is 0.287. The first-order valence-electron chi connectivity index (χ1n) is 5.04. The summed E-state index contributed by atoms with van der Waals surface area (Å²) in [5.41, 5.74) is 0. The van der Waals surface area contributed by atoms with E-state index in [-0.39, 0.29) is 0 Å². The van der Waals surface area contributed by atoms with Crippen molar-refractivity contribution in [2.45, 2.75) is 20.1 Å². The molecule has 2 aromatic rings. The molecular weight excluding hydrogens is 317 g/mol. The number of ether oxygens (including phenoxy) is 1. The number of aryl methyl sites for hydroxylation is 1. The lowest BCUT2D eigenvalue weighted by Crippen LogP contribution is -2.07. The molecule has 0 spiro atoms. The van der Waals surface area contributed by atoms with Gasteiger partial charge in [-0.1, -0.05) is 0 Å². The molecule has 2 rings (SSSR count). The van der Waals surface area contributed by atoms with Gasteiger partial charge in [-0.15, -0.1) is 0 Å². The van der Waals surface area contributed by atoms with E-state index in [0.717, 1.165) is 18.1 Å². The molecule has 1 heterocycles. The molecule has 0 saturated heterocycles. The Hall–Kier alpha value is -1.11. The number of nitrogens with zero attached hydrogens (tertiary/aromatic N) is 3. The molecule has 5 heteroatoms. The van der Waals surface area contributed by atoms with E-state index in [0.29, 0.717) is 6.61 Å². The maximum atomic E-state index is 5.62. The summed E-state index contributed by atoms with van der Waals surface area (Å²) >= 11 is 2.26. The van der Waals surface area contributed by atoms with Gasteiger partial charge >= 0.3 is 0 Å². The highest BCUT2D eigenvalue weighted by Gasteiger charge is 2.03. The lowest BCUT2D eigenvalue weighted by Gasteiger charge is -2.06. The topological polar surface area (TPSA) is 39.9 Å². The molecule has 4 nitrogen and oxygen atoms in total. The first kappa shape index (κ1) is 11.4. The Bertz CT molecular complexity index is 453. The third-order valence-electron chi connectivity index (χ3n) is 2.18. The maximum absolute atomic E-state index is 5.62. The van der Waals surface area contributed by atoms with Crippen LogP contribution in [0, 0.1) is 3.57 Å². The van der Waals surface area contributed by atoms with E-state index in [4.69, 9.17) is 4.74 Å². The molecule has 0 bridgehead atoms. The fourth-order valence-electron chi connectivity index (χ4n) is 1.34. The van der Waals surface area contributed by atoms with Crippen molar-refractivity contribution in [3.63, 3.8) is 0 Å². The van der Waals surface area contributed by atoms with Gasteiger partial charge in [-0.2, -0.15) is 5.10 Å². The molecule has 1 aromatic carbocycles. The van der Waals surface area contributed by atoms with E-state index >= 15 is 0 Å². The zero-order valence-electron chi connectivity index (χ0n) is 8.93. The molecule has 0 N–H and O–H groups in total. The summed E-state index contributed by atoms with van der Waals surface area (Å²) in [4.78, 5) is 4.15. The van der Waals surface area contributed by atoms with Crippen LogP contribution in [0.15, 0.2) is 30.6 Å². The zero-order valence-corrected chi connectivity index (χ0v) is 11.1. The second kappa shape index (κ2) is 5.29. The van der Waals surface area contributed by atoms with Crippen molar-refractivity contribution in [1.82, 2.24) is 14.8 Å². The van der Waals surface area contributed by atoms with E-state index in [1.165, 1.54) is 3.57 Å². The maximum Gasteiger partial charge on any atom is 0.164 e. The molecule has 0 aliphatic heterocycles. The van der Waals surface area contributed by atoms with Crippen molar-refractivity contribution in [3.8, 4) is 5.75 Å². The van der Waals surface area contributed by atoms with Crippen LogP contribution in [0.2, 0.25) is 0 Å². The van der Waals surface area contributed by atoms with Gasteiger partial charge in [0.2, 0.25) is 0 Å². The number of rotatable bonds is 4. The predicted octanol–water partition coefficient (Wildman–Crippen LogP) is 2.48. The fraction of sp³-hybridized carbons (Fsp3) is 0.273. The van der Waals surface area contributed by atoms with Crippen molar-refractivity contribution < 1.29 is 4.74 Å². The van der Waals surface area contributed by atoms with Crippen LogP contribution in [-0.4, -0.2) is 14.8 Å². The van der Waals surface area contributed by atoms with E-state index in [2.05, 4.69) is 32.7 Å². The van der Waals surface area contributed by atoms with Crippen LogP contribution in [-0.2, 0) is 13.2 Å². The molecule has 0 atom stereocenters. The smallest absolute Gasteiger partial charge is 0.164 e. The normalized spacial score (nSPS) is 10.4. The summed E-state index contributed by atoms with van der Waals surface area (Å²) in [7, 11) is 0. The third kappa shape index (κ3) is 2.72. The first-order valence-corrected chi connectivity index (χ1v) is 6.12. The number of halogens is 1. The minimum absolute atomic E-state index is 0.453. The van der Waals surface area contributed by atoms with Crippen LogP contribution in [0.4, 0.5) is 0 Å². The van der Waals surface area contributed by atoms with Crippen LogP contribution in [0.3, 0.4) is 0 Å². The minimum Gasteiger partial charge on any atom is -0.486 e. The summed E-state index contributed by atoms with van der Waals surface area (Å²) in [6.45, 7) is 3.29. The monoisotopic (exact) mass is 329 g/mol. The van der Waals surface area contributed by atoms with Crippen LogP contribution >= 0.6 is 22.6 Å². The van der Waals surface area contributed by atoms with Gasteiger partial charge in [0, 0.05) is 10.1 Å². The summed E-state index contributed by atoms with van der Waals surface area (Å²) in [5.74, 6) is 1.70. The van der Waals surface area contributed by atoms with Gasteiger partial charge in [-0.05, 0) is 53.8 Å². The van der Waals surface area contributed by atoms with Crippen LogP contribution in [0.25, 0.3) is 0 Å². The van der Waals surface area contributed by atoms with Crippen molar-refractivity contribution in [2.24, 2.45) is 0 Å². The summed E-state index contributed by atoms with van der Waals surface area (Å²) in [5, 5.41) is 4.09. The van der Waals surface area contributed by atoms with Gasteiger partial charge in [-0.25, -0.2) is 9.67 Å². The van der Waals surface area contributed by atoms with Crippen LogP contribution in [0.1, 0.15) is 12.7 Å². The number of hydrogen-bond donors (Lipinski definition) is 0. The first-order chi connectivity index (χ1) is 7.79. The van der Waals surface area contributed by atoms with E-state index in [1.54, 1.807) is 6.33 Å². The molecule has 0 amide bonds. The largest absolute Gasteiger partial charge is 0.486 e. The predicted molar refractivity (Wildman–Crippen MR) is 69.2 cm³/mol. The highest BCUT2D eigenvalue weighted by atomic mass is 127. The van der Waals surface area contributed by atoms with E-state index in [1.807, 2.05) is 35.9 Å². The minimum atomic E-state index is 0.453. The molecule has 16 heavy (non-hydrogen) atoms. The standard InChI is InChI=1S/C11H12IN3O/c1-2-15-11(13-8-14-15)7-16-10-5-3-9(12)4-6-10/h3-6,8H,2,7H2,1H3. The Kier molecular flexibility index (Phi) is 3.76. The molecular formula is C11H12IN3O.